The predicted molar refractivity (Wildman–Crippen MR) is 157 cm³/mol. The molecule has 0 saturated heterocycles. The van der Waals surface area contributed by atoms with Gasteiger partial charge in [-0.15, -0.1) is 0 Å². The maximum atomic E-state index is 13.9. The highest BCUT2D eigenvalue weighted by molar-refractivity contribution is 7.85. The van der Waals surface area contributed by atoms with Crippen LogP contribution >= 0.6 is 0 Å². The summed E-state index contributed by atoms with van der Waals surface area (Å²) in [6, 6.07) is 15.4. The molecular weight excluding hydrogens is 596 g/mol. The third kappa shape index (κ3) is 6.11. The molecule has 2 heterocycles. The van der Waals surface area contributed by atoms with Crippen LogP contribution in [0.25, 0.3) is 5.57 Å². The molecule has 1 unspecified atom stereocenters. The average molecular weight is 629 g/mol. The lowest BCUT2D eigenvalue weighted by molar-refractivity contribution is -0.208. The molecule has 13 heteroatoms. The quantitative estimate of drug-likeness (QED) is 0.165. The zero-order valence-electron chi connectivity index (χ0n) is 24.6. The van der Waals surface area contributed by atoms with Gasteiger partial charge >= 0.3 is 5.97 Å². The Bertz CT molecular complexity index is 1660. The van der Waals surface area contributed by atoms with Crippen LogP contribution in [0.2, 0.25) is 0 Å². The van der Waals surface area contributed by atoms with Crippen LogP contribution < -0.4 is 28.4 Å². The molecule has 0 amide bonds. The first kappa shape index (κ1) is 31.0. The minimum absolute atomic E-state index is 0.0488. The van der Waals surface area contributed by atoms with Crippen LogP contribution in [0.1, 0.15) is 23.1 Å². The molecular formula is C31H32O12S. The second kappa shape index (κ2) is 12.6. The van der Waals surface area contributed by atoms with Gasteiger partial charge < -0.3 is 37.9 Å². The van der Waals surface area contributed by atoms with Gasteiger partial charge in [0.1, 0.15) is 5.75 Å². The maximum Gasteiger partial charge on any atom is 0.342 e. The van der Waals surface area contributed by atoms with Gasteiger partial charge in [-0.1, -0.05) is 6.07 Å². The molecule has 0 radical (unpaired) electrons. The predicted octanol–water partition coefficient (Wildman–Crippen LogP) is 4.15. The lowest BCUT2D eigenvalue weighted by atomic mass is 9.87. The number of fused-ring (bicyclic) bond motifs is 1. The van der Waals surface area contributed by atoms with Crippen molar-refractivity contribution in [3.63, 3.8) is 0 Å². The molecule has 0 fully saturated rings. The Labute approximate surface area is 254 Å². The second-order valence-corrected chi connectivity index (χ2v) is 11.4. The summed E-state index contributed by atoms with van der Waals surface area (Å²) < 4.78 is 77.6. The molecule has 0 bridgehead atoms. The van der Waals surface area contributed by atoms with Crippen molar-refractivity contribution in [1.29, 1.82) is 0 Å². The van der Waals surface area contributed by atoms with E-state index in [2.05, 4.69) is 0 Å². The van der Waals surface area contributed by atoms with Crippen molar-refractivity contribution in [2.45, 2.75) is 18.6 Å². The number of hydrogen-bond donors (Lipinski definition) is 1. The molecule has 0 saturated carbocycles. The Morgan fingerprint density at radius 1 is 0.864 bits per heavy atom. The summed E-state index contributed by atoms with van der Waals surface area (Å²) in [6.45, 7) is -0.125. The van der Waals surface area contributed by atoms with E-state index in [-0.39, 0.29) is 31.8 Å². The Balaban J connectivity index is 1.71. The van der Waals surface area contributed by atoms with Gasteiger partial charge in [-0.2, -0.15) is 8.42 Å². The van der Waals surface area contributed by atoms with Crippen LogP contribution in [0, 0.1) is 0 Å². The van der Waals surface area contributed by atoms with Crippen molar-refractivity contribution in [3.8, 4) is 34.5 Å². The zero-order chi connectivity index (χ0) is 31.5. The van der Waals surface area contributed by atoms with Crippen molar-refractivity contribution < 1.29 is 55.7 Å². The zero-order valence-corrected chi connectivity index (χ0v) is 25.4. The third-order valence-electron chi connectivity index (χ3n) is 7.23. The van der Waals surface area contributed by atoms with Crippen molar-refractivity contribution in [1.82, 2.24) is 0 Å². The van der Waals surface area contributed by atoms with E-state index < -0.39 is 27.6 Å². The number of methoxy groups -OCH3 is 4. The van der Waals surface area contributed by atoms with Crippen molar-refractivity contribution in [2.24, 2.45) is 0 Å². The molecule has 12 nitrogen and oxygen atoms in total. The monoisotopic (exact) mass is 628 g/mol. The number of cyclic esters (lactones) is 1. The summed E-state index contributed by atoms with van der Waals surface area (Å²) in [5, 5.41) is 0. The largest absolute Gasteiger partial charge is 0.497 e. The molecule has 0 spiro atoms. The number of carbonyl (C=O) groups is 1. The third-order valence-corrected chi connectivity index (χ3v) is 8.03. The fraction of sp³-hybridized carbons (Fsp3) is 0.323. The SMILES string of the molecule is COc1ccc(C2(OCCCS(=O)(=O)O)OC(=O)C(c3ccc4c(c3)OCO4)=C2Cc2cc(OC)c(OC)c(OC)c2)cc1. The summed E-state index contributed by atoms with van der Waals surface area (Å²) in [4.78, 5) is 13.9. The fourth-order valence-corrected chi connectivity index (χ4v) is 5.70. The molecule has 44 heavy (non-hydrogen) atoms. The summed E-state index contributed by atoms with van der Waals surface area (Å²) in [5.41, 5.74) is 2.27. The highest BCUT2D eigenvalue weighted by atomic mass is 32.2. The van der Waals surface area contributed by atoms with Crippen LogP contribution in [-0.4, -0.2) is 66.5 Å². The van der Waals surface area contributed by atoms with Crippen LogP contribution in [0.15, 0.2) is 60.2 Å². The van der Waals surface area contributed by atoms with Crippen LogP contribution in [0.4, 0.5) is 0 Å². The average Bonchev–Trinajstić information content (AvgIpc) is 3.60. The van der Waals surface area contributed by atoms with E-state index in [9.17, 15) is 17.8 Å². The molecule has 3 aromatic carbocycles. The number of benzene rings is 3. The topological polar surface area (TPSA) is 145 Å². The van der Waals surface area contributed by atoms with E-state index in [1.54, 1.807) is 54.6 Å². The van der Waals surface area contributed by atoms with E-state index in [0.717, 1.165) is 0 Å². The lowest BCUT2D eigenvalue weighted by Crippen LogP contribution is -2.34. The van der Waals surface area contributed by atoms with Gasteiger partial charge in [0.15, 0.2) is 23.0 Å². The van der Waals surface area contributed by atoms with Gasteiger partial charge in [-0.25, -0.2) is 4.79 Å². The second-order valence-electron chi connectivity index (χ2n) is 9.85. The minimum atomic E-state index is -4.25. The number of hydrogen-bond acceptors (Lipinski definition) is 11. The summed E-state index contributed by atoms with van der Waals surface area (Å²) >= 11 is 0. The molecule has 2 aliphatic rings. The van der Waals surface area contributed by atoms with Gasteiger partial charge in [0.2, 0.25) is 12.5 Å². The Morgan fingerprint density at radius 3 is 2.16 bits per heavy atom. The molecule has 0 aliphatic carbocycles. The van der Waals surface area contributed by atoms with E-state index in [0.29, 0.717) is 56.8 Å². The van der Waals surface area contributed by atoms with Crippen molar-refractivity contribution >= 4 is 21.7 Å². The van der Waals surface area contributed by atoms with E-state index in [1.807, 2.05) is 0 Å². The Kier molecular flexibility index (Phi) is 8.90. The van der Waals surface area contributed by atoms with Crippen molar-refractivity contribution in [2.75, 3.05) is 47.6 Å². The van der Waals surface area contributed by atoms with Gasteiger partial charge in [-0.3, -0.25) is 4.55 Å². The van der Waals surface area contributed by atoms with Gasteiger partial charge in [0.05, 0.1) is 46.4 Å². The molecule has 0 aromatic heterocycles. The first-order valence-corrected chi connectivity index (χ1v) is 15.1. The first-order chi connectivity index (χ1) is 21.1. The number of ether oxygens (including phenoxy) is 8. The van der Waals surface area contributed by atoms with Crippen LogP contribution in [-0.2, 0) is 36.6 Å². The van der Waals surface area contributed by atoms with E-state index >= 15 is 0 Å². The standard InChI is InChI=1S/C31H32O12S/c1-36-22-9-7-21(8-10-22)31(42-12-5-13-44(33,34)35)23(14-19-15-26(37-2)29(39-4)27(16-19)38-3)28(30(32)43-31)20-6-11-24-25(17-20)41-18-40-24/h6-11,15-17H,5,12-14,18H2,1-4H3,(H,33,34,35). The van der Waals surface area contributed by atoms with Gasteiger partial charge in [-0.05, 0) is 66.1 Å². The van der Waals surface area contributed by atoms with Gasteiger partial charge in [0.25, 0.3) is 15.9 Å². The fourth-order valence-electron chi connectivity index (χ4n) is 5.22. The number of carbonyl (C=O) groups excluding carboxylic acids is 1. The summed E-state index contributed by atoms with van der Waals surface area (Å²) in [7, 11) is 1.78. The van der Waals surface area contributed by atoms with Crippen LogP contribution in [0.5, 0.6) is 34.5 Å². The smallest absolute Gasteiger partial charge is 0.342 e. The lowest BCUT2D eigenvalue weighted by Gasteiger charge is -2.32. The summed E-state index contributed by atoms with van der Waals surface area (Å²) in [5.74, 6) is -0.230. The summed E-state index contributed by atoms with van der Waals surface area (Å²) in [6.07, 6.45) is 0.0433. The Hall–Kier alpha value is -4.46. The van der Waals surface area contributed by atoms with E-state index in [4.69, 9.17) is 37.9 Å². The molecule has 1 atom stereocenters. The molecule has 234 valence electrons. The van der Waals surface area contributed by atoms with Gasteiger partial charge in [0, 0.05) is 17.6 Å². The van der Waals surface area contributed by atoms with Crippen LogP contribution in [0.3, 0.4) is 0 Å². The molecule has 3 aromatic rings. The number of esters is 1. The Morgan fingerprint density at radius 2 is 1.55 bits per heavy atom. The highest BCUT2D eigenvalue weighted by Gasteiger charge is 2.51. The highest BCUT2D eigenvalue weighted by Crippen LogP contribution is 2.50. The van der Waals surface area contributed by atoms with E-state index in [1.165, 1.54) is 28.4 Å². The molecule has 5 rings (SSSR count). The number of rotatable bonds is 13. The molecule has 1 N–H and O–H groups in total. The first-order valence-electron chi connectivity index (χ1n) is 13.5. The maximum absolute atomic E-state index is 13.9. The minimum Gasteiger partial charge on any atom is -0.497 e. The normalized spacial score (nSPS) is 17.4. The van der Waals surface area contributed by atoms with Crippen molar-refractivity contribution in [3.05, 3.63) is 76.9 Å². The molecule has 2 aliphatic heterocycles.